The molecule has 1 rings (SSSR count). The Balaban J connectivity index is 3.21. The summed E-state index contributed by atoms with van der Waals surface area (Å²) in [5.41, 5.74) is 5.14. The minimum absolute atomic E-state index is 0.130. The van der Waals surface area contributed by atoms with E-state index in [-0.39, 0.29) is 23.0 Å². The molecule has 0 aliphatic carbocycles. The minimum atomic E-state index is -0.562. The molecule has 0 spiro atoms. The molecule has 1 heterocycles. The zero-order valence-corrected chi connectivity index (χ0v) is 11.2. The van der Waals surface area contributed by atoms with Crippen molar-refractivity contribution in [2.45, 2.75) is 26.3 Å². The summed E-state index contributed by atoms with van der Waals surface area (Å²) < 4.78 is 0. The van der Waals surface area contributed by atoms with Gasteiger partial charge in [0.2, 0.25) is 5.82 Å². The van der Waals surface area contributed by atoms with E-state index >= 15 is 0 Å². The van der Waals surface area contributed by atoms with Crippen molar-refractivity contribution in [3.05, 3.63) is 27.9 Å². The quantitative estimate of drug-likeness (QED) is 0.616. The molecule has 1 atom stereocenters. The Morgan fingerprint density at radius 1 is 1.68 bits per heavy atom. The van der Waals surface area contributed by atoms with E-state index in [0.717, 1.165) is 0 Å². The first-order valence-electron chi connectivity index (χ1n) is 5.87. The summed E-state index contributed by atoms with van der Waals surface area (Å²) in [6.45, 7) is 6.12. The lowest BCUT2D eigenvalue weighted by Crippen LogP contribution is -2.47. The van der Waals surface area contributed by atoms with Crippen molar-refractivity contribution in [2.75, 3.05) is 11.9 Å². The highest BCUT2D eigenvalue weighted by Gasteiger charge is 2.30. The number of pyridine rings is 1. The standard InChI is InChI=1S/C12H17N5O2/c1-8(2)12(3,7-14)16-11-10(17(18)19)4-9(5-13)6-15-11/h4,6,8H,7,14H2,1-3H3,(H,15,16). The van der Waals surface area contributed by atoms with Crippen LogP contribution < -0.4 is 11.1 Å². The number of nitriles is 1. The van der Waals surface area contributed by atoms with Gasteiger partial charge in [-0.05, 0) is 12.8 Å². The van der Waals surface area contributed by atoms with E-state index < -0.39 is 10.5 Å². The molecule has 0 aliphatic rings. The van der Waals surface area contributed by atoms with E-state index in [1.165, 1.54) is 12.3 Å². The number of aromatic nitrogens is 1. The molecule has 0 saturated carbocycles. The summed E-state index contributed by atoms with van der Waals surface area (Å²) in [6, 6.07) is 3.03. The molecule has 0 radical (unpaired) electrons. The summed E-state index contributed by atoms with van der Waals surface area (Å²) in [6.07, 6.45) is 1.30. The lowest BCUT2D eigenvalue weighted by Gasteiger charge is -2.33. The molecule has 19 heavy (non-hydrogen) atoms. The fourth-order valence-corrected chi connectivity index (χ4v) is 1.45. The van der Waals surface area contributed by atoms with Crippen molar-refractivity contribution < 1.29 is 4.92 Å². The first-order chi connectivity index (χ1) is 8.84. The van der Waals surface area contributed by atoms with Gasteiger partial charge in [-0.2, -0.15) is 5.26 Å². The summed E-state index contributed by atoms with van der Waals surface area (Å²) in [5.74, 6) is 0.292. The van der Waals surface area contributed by atoms with Crippen LogP contribution in [0.5, 0.6) is 0 Å². The Bertz CT molecular complexity index is 523. The van der Waals surface area contributed by atoms with Crippen molar-refractivity contribution in [2.24, 2.45) is 11.7 Å². The van der Waals surface area contributed by atoms with Gasteiger partial charge in [-0.1, -0.05) is 13.8 Å². The van der Waals surface area contributed by atoms with Gasteiger partial charge in [0.05, 0.1) is 16.0 Å². The number of anilines is 1. The van der Waals surface area contributed by atoms with Crippen LogP contribution in [0.15, 0.2) is 12.3 Å². The van der Waals surface area contributed by atoms with Gasteiger partial charge in [0.25, 0.3) is 0 Å². The van der Waals surface area contributed by atoms with Crippen LogP contribution in [0.2, 0.25) is 0 Å². The lowest BCUT2D eigenvalue weighted by atomic mass is 9.88. The second-order valence-corrected chi connectivity index (χ2v) is 4.86. The number of rotatable bonds is 5. The molecule has 0 saturated heterocycles. The molecular weight excluding hydrogens is 246 g/mol. The molecular formula is C12H17N5O2. The van der Waals surface area contributed by atoms with Crippen molar-refractivity contribution >= 4 is 11.5 Å². The van der Waals surface area contributed by atoms with Crippen molar-refractivity contribution in [1.29, 1.82) is 5.26 Å². The third-order valence-corrected chi connectivity index (χ3v) is 3.30. The highest BCUT2D eigenvalue weighted by Crippen LogP contribution is 2.28. The molecule has 0 aliphatic heterocycles. The molecule has 1 aromatic rings. The first-order valence-corrected chi connectivity index (χ1v) is 5.87. The van der Waals surface area contributed by atoms with Gasteiger partial charge in [0, 0.05) is 18.8 Å². The van der Waals surface area contributed by atoms with Gasteiger partial charge in [0.15, 0.2) is 0 Å². The average Bonchev–Trinajstić information content (AvgIpc) is 2.38. The molecule has 102 valence electrons. The van der Waals surface area contributed by atoms with Crippen LogP contribution in [-0.2, 0) is 0 Å². The number of hydrogen-bond donors (Lipinski definition) is 2. The molecule has 1 unspecified atom stereocenters. The highest BCUT2D eigenvalue weighted by atomic mass is 16.6. The Labute approximate surface area is 111 Å². The molecule has 0 bridgehead atoms. The zero-order valence-electron chi connectivity index (χ0n) is 11.2. The van der Waals surface area contributed by atoms with Crippen LogP contribution in [0.3, 0.4) is 0 Å². The van der Waals surface area contributed by atoms with Gasteiger partial charge in [-0.3, -0.25) is 10.1 Å². The summed E-state index contributed by atoms with van der Waals surface area (Å²) in [4.78, 5) is 14.4. The van der Waals surface area contributed by atoms with Gasteiger partial charge in [0.1, 0.15) is 6.07 Å². The van der Waals surface area contributed by atoms with Crippen LogP contribution in [-0.4, -0.2) is 22.0 Å². The number of nitrogens with zero attached hydrogens (tertiary/aromatic N) is 3. The maximum Gasteiger partial charge on any atom is 0.312 e. The third kappa shape index (κ3) is 3.17. The topological polar surface area (TPSA) is 118 Å². The largest absolute Gasteiger partial charge is 0.358 e. The number of hydrogen-bond acceptors (Lipinski definition) is 6. The molecule has 1 aromatic heterocycles. The van der Waals surface area contributed by atoms with Crippen LogP contribution >= 0.6 is 0 Å². The molecule has 0 amide bonds. The maximum absolute atomic E-state index is 11.0. The Morgan fingerprint density at radius 3 is 2.74 bits per heavy atom. The summed E-state index contributed by atoms with van der Waals surface area (Å²) >= 11 is 0. The number of nitrogens with two attached hydrogens (primary N) is 1. The van der Waals surface area contributed by atoms with E-state index in [9.17, 15) is 10.1 Å². The molecule has 7 heteroatoms. The summed E-state index contributed by atoms with van der Waals surface area (Å²) in [5, 5.41) is 22.8. The van der Waals surface area contributed by atoms with Crippen LogP contribution in [0.25, 0.3) is 0 Å². The molecule has 3 N–H and O–H groups in total. The minimum Gasteiger partial charge on any atom is -0.358 e. The smallest absolute Gasteiger partial charge is 0.312 e. The average molecular weight is 263 g/mol. The second-order valence-electron chi connectivity index (χ2n) is 4.86. The van der Waals surface area contributed by atoms with Gasteiger partial charge in [-0.25, -0.2) is 4.98 Å². The van der Waals surface area contributed by atoms with Crippen molar-refractivity contribution in [3.8, 4) is 6.07 Å². The normalized spacial score (nSPS) is 13.7. The van der Waals surface area contributed by atoms with E-state index in [2.05, 4.69) is 10.3 Å². The van der Waals surface area contributed by atoms with Crippen LogP contribution in [0.1, 0.15) is 26.3 Å². The van der Waals surface area contributed by atoms with Gasteiger partial charge >= 0.3 is 5.69 Å². The van der Waals surface area contributed by atoms with Crippen molar-refractivity contribution in [1.82, 2.24) is 4.98 Å². The number of nitro groups is 1. The fourth-order valence-electron chi connectivity index (χ4n) is 1.45. The summed E-state index contributed by atoms with van der Waals surface area (Å²) in [7, 11) is 0. The second kappa shape index (κ2) is 5.63. The predicted octanol–water partition coefficient (Wildman–Crippen LogP) is 1.65. The van der Waals surface area contributed by atoms with Crippen LogP contribution in [0, 0.1) is 27.4 Å². The fraction of sp³-hybridized carbons (Fsp3) is 0.500. The number of nitrogens with one attached hydrogen (secondary N) is 1. The Hall–Kier alpha value is -2.20. The monoisotopic (exact) mass is 263 g/mol. The first kappa shape index (κ1) is 14.9. The highest BCUT2D eigenvalue weighted by molar-refractivity contribution is 5.59. The molecule has 0 aromatic carbocycles. The molecule has 0 fully saturated rings. The maximum atomic E-state index is 11.0. The van der Waals surface area contributed by atoms with Crippen molar-refractivity contribution in [3.63, 3.8) is 0 Å². The van der Waals surface area contributed by atoms with E-state index in [1.54, 1.807) is 0 Å². The Kier molecular flexibility index (Phi) is 4.40. The SMILES string of the molecule is CC(C)C(C)(CN)Nc1ncc(C#N)cc1[N+](=O)[O-]. The predicted molar refractivity (Wildman–Crippen MR) is 71.5 cm³/mol. The lowest BCUT2D eigenvalue weighted by molar-refractivity contribution is -0.384. The van der Waals surface area contributed by atoms with Gasteiger partial charge < -0.3 is 11.1 Å². The van der Waals surface area contributed by atoms with Gasteiger partial charge in [-0.15, -0.1) is 0 Å². The zero-order chi connectivity index (χ0) is 14.6. The molecule has 7 nitrogen and oxygen atoms in total. The van der Waals surface area contributed by atoms with Crippen LogP contribution in [0.4, 0.5) is 11.5 Å². The third-order valence-electron chi connectivity index (χ3n) is 3.30. The van der Waals surface area contributed by atoms with E-state index in [4.69, 9.17) is 11.0 Å². The Morgan fingerprint density at radius 2 is 2.32 bits per heavy atom. The van der Waals surface area contributed by atoms with E-state index in [1.807, 2.05) is 26.8 Å². The van der Waals surface area contributed by atoms with E-state index in [0.29, 0.717) is 6.54 Å².